The molecule has 0 aliphatic carbocycles. The molecule has 0 aliphatic rings. The van der Waals surface area contributed by atoms with Crippen molar-refractivity contribution in [1.29, 1.82) is 0 Å². The maximum atomic E-state index is 6.94. The van der Waals surface area contributed by atoms with Crippen LogP contribution in [0.2, 0.25) is 0 Å². The van der Waals surface area contributed by atoms with Gasteiger partial charge < -0.3 is 19.1 Å². The van der Waals surface area contributed by atoms with Crippen molar-refractivity contribution in [2.45, 2.75) is 45.1 Å². The van der Waals surface area contributed by atoms with Gasteiger partial charge in [-0.2, -0.15) is 0 Å². The number of allylic oxidation sites excluding steroid dienone is 1. The standard InChI is InChI=1S/C71H57N3O2/c1-3-63(72)59(51-21-11-6-12-22-51)39-46(2)27-37-64(73-45-47-28-30-50(31-29-47)48-17-7-4-8-18-48)54-33-36-58-57-35-32-53(41-69(57)76-70(58)42-54)60-43-62-56-24-14-16-26-68(56)75-71(62)44-67(60)74-65-25-15-13-23-55(65)61-40-52(34-38-66(61)74)49-19-9-5-10-20-49/h4-26,28-38,40-46,59,63H,3,27,39,72H2,1-2H3/b64-37+,73-45?/t46-,59?,63?/m1/s1. The highest BCUT2D eigenvalue weighted by atomic mass is 16.3. The van der Waals surface area contributed by atoms with Gasteiger partial charge in [-0.05, 0) is 125 Å². The molecule has 0 saturated carbocycles. The quantitative estimate of drug-likeness (QED) is 0.110. The highest BCUT2D eigenvalue weighted by molar-refractivity contribution is 6.13. The molecule has 0 amide bonds. The van der Waals surface area contributed by atoms with Crippen LogP contribution in [-0.2, 0) is 0 Å². The number of aromatic nitrogens is 1. The Morgan fingerprint density at radius 2 is 1.08 bits per heavy atom. The highest BCUT2D eigenvalue weighted by Gasteiger charge is 2.23. The summed E-state index contributed by atoms with van der Waals surface area (Å²) in [7, 11) is 0. The van der Waals surface area contributed by atoms with Crippen LogP contribution in [0.3, 0.4) is 0 Å². The summed E-state index contributed by atoms with van der Waals surface area (Å²) >= 11 is 0. The molecule has 0 radical (unpaired) electrons. The van der Waals surface area contributed by atoms with Crippen LogP contribution < -0.4 is 5.73 Å². The first kappa shape index (κ1) is 46.7. The van der Waals surface area contributed by atoms with Crippen LogP contribution in [0.4, 0.5) is 0 Å². The molecule has 10 aromatic carbocycles. The Hall–Kier alpha value is -9.03. The van der Waals surface area contributed by atoms with E-state index in [2.05, 4.69) is 243 Å². The molecule has 368 valence electrons. The lowest BCUT2D eigenvalue weighted by molar-refractivity contribution is 0.409. The van der Waals surface area contributed by atoms with E-state index in [1.54, 1.807) is 0 Å². The molecule has 0 fully saturated rings. The molecule has 76 heavy (non-hydrogen) atoms. The molecule has 0 aliphatic heterocycles. The van der Waals surface area contributed by atoms with Crippen molar-refractivity contribution in [1.82, 2.24) is 4.57 Å². The molecular formula is C71H57N3O2. The summed E-state index contributed by atoms with van der Waals surface area (Å²) in [6, 6.07) is 82.2. The Balaban J connectivity index is 0.905. The third-order valence-electron chi connectivity index (χ3n) is 15.6. The molecule has 0 saturated heterocycles. The van der Waals surface area contributed by atoms with Gasteiger partial charge in [-0.25, -0.2) is 0 Å². The van der Waals surface area contributed by atoms with Crippen molar-refractivity contribution in [2.75, 3.05) is 0 Å². The minimum absolute atomic E-state index is 0.0866. The van der Waals surface area contributed by atoms with Gasteiger partial charge in [0.25, 0.3) is 0 Å². The summed E-state index contributed by atoms with van der Waals surface area (Å²) in [5, 5.41) is 6.67. The number of aliphatic imine (C=N–C) groups is 1. The fraction of sp³-hybridized carbons (Fsp3) is 0.113. The van der Waals surface area contributed by atoms with Crippen molar-refractivity contribution >= 4 is 77.6 Å². The number of nitrogens with two attached hydrogens (primary N) is 1. The zero-order valence-electron chi connectivity index (χ0n) is 42.7. The predicted molar refractivity (Wildman–Crippen MR) is 320 cm³/mol. The van der Waals surface area contributed by atoms with Crippen molar-refractivity contribution < 1.29 is 8.83 Å². The smallest absolute Gasteiger partial charge is 0.137 e. The third kappa shape index (κ3) is 8.78. The molecule has 13 aromatic rings. The Morgan fingerprint density at radius 3 is 1.84 bits per heavy atom. The second kappa shape index (κ2) is 20.0. The van der Waals surface area contributed by atoms with Crippen LogP contribution in [0.5, 0.6) is 0 Å². The molecule has 3 atom stereocenters. The molecule has 3 aromatic heterocycles. The number of hydrogen-bond donors (Lipinski definition) is 1. The lowest BCUT2D eigenvalue weighted by Gasteiger charge is -2.26. The van der Waals surface area contributed by atoms with Gasteiger partial charge in [-0.15, -0.1) is 0 Å². The SMILES string of the molecule is CCC(N)C(C[C@H](C)C/C=C(/N=Cc1ccc(-c2ccccc2)cc1)c1ccc2c(c1)oc1cc(-c3cc4c(cc3-n3c5ccccc5c5cc(-c6ccccc6)ccc53)oc3ccccc34)ccc12)c1ccccc1. The number of para-hydroxylation sites is 2. The molecule has 2 unspecified atom stereocenters. The summed E-state index contributed by atoms with van der Waals surface area (Å²) < 4.78 is 16.0. The van der Waals surface area contributed by atoms with E-state index in [0.29, 0.717) is 5.92 Å². The number of fused-ring (bicyclic) bond motifs is 9. The van der Waals surface area contributed by atoms with Gasteiger partial charge in [-0.1, -0.05) is 190 Å². The molecule has 2 N–H and O–H groups in total. The van der Waals surface area contributed by atoms with E-state index >= 15 is 0 Å². The Labute approximate surface area is 442 Å². The van der Waals surface area contributed by atoms with Crippen LogP contribution in [0.1, 0.15) is 55.7 Å². The lowest BCUT2D eigenvalue weighted by Crippen LogP contribution is -2.28. The first-order valence-corrected chi connectivity index (χ1v) is 26.7. The highest BCUT2D eigenvalue weighted by Crippen LogP contribution is 2.43. The van der Waals surface area contributed by atoms with E-state index in [4.69, 9.17) is 19.6 Å². The van der Waals surface area contributed by atoms with Crippen molar-refractivity contribution in [3.63, 3.8) is 0 Å². The van der Waals surface area contributed by atoms with E-state index in [-0.39, 0.29) is 12.0 Å². The monoisotopic (exact) mass is 983 g/mol. The Kier molecular flexibility index (Phi) is 12.3. The second-order valence-electron chi connectivity index (χ2n) is 20.4. The van der Waals surface area contributed by atoms with Crippen LogP contribution in [0.25, 0.3) is 110 Å². The fourth-order valence-electron chi connectivity index (χ4n) is 11.5. The zero-order valence-corrected chi connectivity index (χ0v) is 42.7. The minimum Gasteiger partial charge on any atom is -0.456 e. The third-order valence-corrected chi connectivity index (χ3v) is 15.6. The second-order valence-corrected chi connectivity index (χ2v) is 20.4. The normalized spacial score (nSPS) is 13.5. The van der Waals surface area contributed by atoms with Crippen molar-refractivity contribution in [3.8, 4) is 39.1 Å². The average Bonchev–Trinajstić information content (AvgIpc) is 4.19. The first-order chi connectivity index (χ1) is 37.4. The molecule has 5 nitrogen and oxygen atoms in total. The number of nitrogens with zero attached hydrogens (tertiary/aromatic N) is 2. The van der Waals surface area contributed by atoms with E-state index in [1.807, 2.05) is 18.3 Å². The predicted octanol–water partition coefficient (Wildman–Crippen LogP) is 19.0. The molecular weight excluding hydrogens is 927 g/mol. The van der Waals surface area contributed by atoms with E-state index < -0.39 is 0 Å². The Morgan fingerprint density at radius 1 is 0.500 bits per heavy atom. The number of furan rings is 2. The van der Waals surface area contributed by atoms with Crippen LogP contribution in [0.15, 0.2) is 250 Å². The maximum Gasteiger partial charge on any atom is 0.137 e. The molecule has 0 spiro atoms. The van der Waals surface area contributed by atoms with E-state index in [1.165, 1.54) is 38.6 Å². The van der Waals surface area contributed by atoms with Crippen molar-refractivity contribution in [2.24, 2.45) is 16.6 Å². The topological polar surface area (TPSA) is 69.6 Å². The number of benzene rings is 10. The lowest BCUT2D eigenvalue weighted by atomic mass is 9.82. The maximum absolute atomic E-state index is 6.94. The summed E-state index contributed by atoms with van der Waals surface area (Å²) in [5.74, 6) is 0.638. The van der Waals surface area contributed by atoms with Crippen LogP contribution in [-0.4, -0.2) is 16.8 Å². The molecule has 13 rings (SSSR count). The fourth-order valence-corrected chi connectivity index (χ4v) is 11.5. The number of rotatable bonds is 14. The largest absolute Gasteiger partial charge is 0.456 e. The molecule has 0 bridgehead atoms. The number of hydrogen-bond acceptors (Lipinski definition) is 4. The minimum atomic E-state index is 0.0866. The van der Waals surface area contributed by atoms with E-state index in [0.717, 1.165) is 108 Å². The van der Waals surface area contributed by atoms with Gasteiger partial charge in [-0.3, -0.25) is 4.99 Å². The van der Waals surface area contributed by atoms with E-state index in [9.17, 15) is 0 Å². The first-order valence-electron chi connectivity index (χ1n) is 26.7. The van der Waals surface area contributed by atoms with Crippen LogP contribution in [0, 0.1) is 5.92 Å². The van der Waals surface area contributed by atoms with Crippen LogP contribution >= 0.6 is 0 Å². The molecule has 3 heterocycles. The summed E-state index contributed by atoms with van der Waals surface area (Å²) in [6.07, 6.45) is 7.04. The van der Waals surface area contributed by atoms with Gasteiger partial charge in [0.1, 0.15) is 22.3 Å². The summed E-state index contributed by atoms with van der Waals surface area (Å²) in [5.41, 5.74) is 24.6. The zero-order chi connectivity index (χ0) is 51.1. The van der Waals surface area contributed by atoms with Crippen molar-refractivity contribution in [3.05, 3.63) is 253 Å². The average molecular weight is 984 g/mol. The van der Waals surface area contributed by atoms with Gasteiger partial charge in [0, 0.05) is 61.8 Å². The van der Waals surface area contributed by atoms with Gasteiger partial charge in [0.2, 0.25) is 0 Å². The van der Waals surface area contributed by atoms with Gasteiger partial charge in [0.15, 0.2) is 0 Å². The summed E-state index contributed by atoms with van der Waals surface area (Å²) in [4.78, 5) is 5.24. The van der Waals surface area contributed by atoms with Gasteiger partial charge >= 0.3 is 0 Å². The summed E-state index contributed by atoms with van der Waals surface area (Å²) in [6.45, 7) is 4.52. The molecule has 5 heteroatoms. The Bertz CT molecular complexity index is 4290. The van der Waals surface area contributed by atoms with Gasteiger partial charge in [0.05, 0.1) is 22.4 Å².